The first kappa shape index (κ1) is 20.7. The molecule has 0 aromatic heterocycles. The number of benzene rings is 1. The number of thioether (sulfide) groups is 1. The molecule has 1 aromatic rings. The highest BCUT2D eigenvalue weighted by Crippen LogP contribution is 2.38. The summed E-state index contributed by atoms with van der Waals surface area (Å²) in [5, 5.41) is 8.43. The summed E-state index contributed by atoms with van der Waals surface area (Å²) in [6, 6.07) is 7.56. The van der Waals surface area contributed by atoms with Crippen molar-refractivity contribution >= 4 is 42.3 Å². The molecule has 0 saturated carbocycles. The lowest BCUT2D eigenvalue weighted by Crippen LogP contribution is -2.30. The molecule has 1 aliphatic heterocycles. The van der Waals surface area contributed by atoms with E-state index in [9.17, 15) is 9.59 Å². The van der Waals surface area contributed by atoms with Crippen molar-refractivity contribution in [3.63, 3.8) is 0 Å². The normalized spacial score (nSPS) is 18.4. The number of hydroxylamine groups is 1. The van der Waals surface area contributed by atoms with E-state index in [-0.39, 0.29) is 16.5 Å². The van der Waals surface area contributed by atoms with Crippen LogP contribution in [0, 0.1) is 0 Å². The number of amides is 2. The van der Waals surface area contributed by atoms with Crippen molar-refractivity contribution in [2.24, 2.45) is 0 Å². The molecule has 6 nitrogen and oxygen atoms in total. The number of unbranched alkanes of at least 4 members (excludes halogenated alkanes) is 3. The SMILES string of the molecule is COc1ccc(/C=C2\SC(S)N(CCCCCCC(=O)NO)C2=O)cc1. The van der Waals surface area contributed by atoms with Crippen LogP contribution in [-0.2, 0) is 9.59 Å². The van der Waals surface area contributed by atoms with Crippen molar-refractivity contribution in [1.82, 2.24) is 10.4 Å². The summed E-state index contributed by atoms with van der Waals surface area (Å²) in [5.41, 5.74) is 2.58. The molecule has 1 heterocycles. The fraction of sp³-hybridized carbons (Fsp3) is 0.444. The average molecular weight is 397 g/mol. The summed E-state index contributed by atoms with van der Waals surface area (Å²) in [7, 11) is 1.62. The molecule has 26 heavy (non-hydrogen) atoms. The van der Waals surface area contributed by atoms with Crippen LogP contribution in [-0.4, -0.2) is 40.3 Å². The number of nitrogens with one attached hydrogen (secondary N) is 1. The van der Waals surface area contributed by atoms with Crippen LogP contribution in [0.3, 0.4) is 0 Å². The van der Waals surface area contributed by atoms with E-state index >= 15 is 0 Å². The standard InChI is InChI=1S/C18H24N2O4S2/c1-24-14-9-7-13(8-10-14)12-15-17(22)20(18(25)26-15)11-5-3-2-4-6-16(21)19-23/h7-10,12,18,23,25H,2-6,11H2,1H3,(H,19,21)/b15-12-. The number of nitrogens with zero attached hydrogens (tertiary/aromatic N) is 1. The van der Waals surface area contributed by atoms with Gasteiger partial charge in [-0.1, -0.05) is 36.7 Å². The second kappa shape index (κ2) is 10.5. The Hall–Kier alpha value is -1.64. The van der Waals surface area contributed by atoms with E-state index in [1.54, 1.807) is 17.5 Å². The first-order valence-corrected chi connectivity index (χ1v) is 9.89. The topological polar surface area (TPSA) is 78.9 Å². The van der Waals surface area contributed by atoms with Crippen molar-refractivity contribution in [3.05, 3.63) is 34.7 Å². The minimum Gasteiger partial charge on any atom is -0.497 e. The van der Waals surface area contributed by atoms with Crippen LogP contribution in [0.15, 0.2) is 29.2 Å². The Morgan fingerprint density at radius 1 is 1.31 bits per heavy atom. The zero-order valence-corrected chi connectivity index (χ0v) is 16.4. The molecule has 1 aliphatic rings. The third-order valence-corrected chi connectivity index (χ3v) is 5.67. The van der Waals surface area contributed by atoms with Gasteiger partial charge in [-0.2, -0.15) is 0 Å². The molecule has 2 amide bonds. The highest BCUT2D eigenvalue weighted by Gasteiger charge is 2.33. The molecular formula is C18H24N2O4S2. The second-order valence-corrected chi connectivity index (χ2v) is 7.88. The van der Waals surface area contributed by atoms with E-state index in [0.29, 0.717) is 17.9 Å². The smallest absolute Gasteiger partial charge is 0.261 e. The maximum absolute atomic E-state index is 12.6. The first-order valence-electron chi connectivity index (χ1n) is 8.49. The van der Waals surface area contributed by atoms with Gasteiger partial charge in [-0.15, -0.1) is 12.6 Å². The Kier molecular flexibility index (Phi) is 8.34. The Labute approximate surface area is 163 Å². The lowest BCUT2D eigenvalue weighted by atomic mass is 10.1. The maximum Gasteiger partial charge on any atom is 0.261 e. The van der Waals surface area contributed by atoms with Gasteiger partial charge in [0.25, 0.3) is 5.91 Å². The Morgan fingerprint density at radius 3 is 2.65 bits per heavy atom. The van der Waals surface area contributed by atoms with Gasteiger partial charge in [-0.3, -0.25) is 14.8 Å². The summed E-state index contributed by atoms with van der Waals surface area (Å²) in [6.45, 7) is 0.645. The highest BCUT2D eigenvalue weighted by molar-refractivity contribution is 8.14. The van der Waals surface area contributed by atoms with Crippen LogP contribution >= 0.6 is 24.4 Å². The highest BCUT2D eigenvalue weighted by atomic mass is 32.2. The Bertz CT molecular complexity index is 649. The molecule has 0 bridgehead atoms. The van der Waals surface area contributed by atoms with Gasteiger partial charge < -0.3 is 9.64 Å². The average Bonchev–Trinajstić information content (AvgIpc) is 2.91. The van der Waals surface area contributed by atoms with Gasteiger partial charge in [0.05, 0.1) is 12.0 Å². The number of thiol groups is 1. The molecule has 0 aliphatic carbocycles. The molecule has 1 unspecified atom stereocenters. The molecule has 8 heteroatoms. The van der Waals surface area contributed by atoms with E-state index in [4.69, 9.17) is 9.94 Å². The second-order valence-electron chi connectivity index (χ2n) is 5.92. The minimum atomic E-state index is -0.361. The summed E-state index contributed by atoms with van der Waals surface area (Å²) < 4.78 is 4.96. The Balaban J connectivity index is 1.81. The predicted molar refractivity (Wildman–Crippen MR) is 106 cm³/mol. The Morgan fingerprint density at radius 2 is 2.00 bits per heavy atom. The summed E-state index contributed by atoms with van der Waals surface area (Å²) >= 11 is 5.96. The van der Waals surface area contributed by atoms with Gasteiger partial charge in [0, 0.05) is 13.0 Å². The number of hydrogen-bond donors (Lipinski definition) is 3. The summed E-state index contributed by atoms with van der Waals surface area (Å²) in [4.78, 5) is 26.0. The molecule has 2 N–H and O–H groups in total. The summed E-state index contributed by atoms with van der Waals surface area (Å²) in [5.74, 6) is 0.424. The molecule has 2 rings (SSSR count). The van der Waals surface area contributed by atoms with Gasteiger partial charge in [0.2, 0.25) is 5.91 Å². The number of hydrogen-bond acceptors (Lipinski definition) is 6. The first-order chi connectivity index (χ1) is 12.5. The van der Waals surface area contributed by atoms with E-state index < -0.39 is 0 Å². The molecule has 142 valence electrons. The van der Waals surface area contributed by atoms with Crippen LogP contribution in [0.4, 0.5) is 0 Å². The largest absolute Gasteiger partial charge is 0.497 e. The van der Waals surface area contributed by atoms with Crippen LogP contribution in [0.2, 0.25) is 0 Å². The maximum atomic E-state index is 12.6. The van der Waals surface area contributed by atoms with Crippen LogP contribution < -0.4 is 10.2 Å². The third kappa shape index (κ3) is 5.96. The summed E-state index contributed by atoms with van der Waals surface area (Å²) in [6.07, 6.45) is 5.59. The zero-order valence-electron chi connectivity index (χ0n) is 14.7. The molecule has 0 spiro atoms. The van der Waals surface area contributed by atoms with Crippen molar-refractivity contribution in [2.75, 3.05) is 13.7 Å². The molecule has 1 atom stereocenters. The van der Waals surface area contributed by atoms with Crippen LogP contribution in [0.1, 0.15) is 37.7 Å². The van der Waals surface area contributed by atoms with Gasteiger partial charge in [0.15, 0.2) is 0 Å². The fourth-order valence-electron chi connectivity index (χ4n) is 2.61. The van der Waals surface area contributed by atoms with Gasteiger partial charge >= 0.3 is 0 Å². The van der Waals surface area contributed by atoms with Crippen molar-refractivity contribution < 1.29 is 19.5 Å². The van der Waals surface area contributed by atoms with E-state index in [0.717, 1.165) is 37.0 Å². The van der Waals surface area contributed by atoms with Crippen molar-refractivity contribution in [2.45, 2.75) is 36.8 Å². The molecular weight excluding hydrogens is 372 g/mol. The van der Waals surface area contributed by atoms with Gasteiger partial charge in [-0.25, -0.2) is 5.48 Å². The number of methoxy groups -OCH3 is 1. The lowest BCUT2D eigenvalue weighted by molar-refractivity contribution is -0.129. The third-order valence-electron chi connectivity index (χ3n) is 4.06. The number of ether oxygens (including phenoxy) is 1. The van der Waals surface area contributed by atoms with Crippen LogP contribution in [0.25, 0.3) is 6.08 Å². The van der Waals surface area contributed by atoms with E-state index in [1.165, 1.54) is 11.8 Å². The lowest BCUT2D eigenvalue weighted by Gasteiger charge is -2.18. The van der Waals surface area contributed by atoms with Gasteiger partial charge in [0.1, 0.15) is 10.5 Å². The number of carbonyl (C=O) groups excluding carboxylic acids is 2. The number of carbonyl (C=O) groups is 2. The minimum absolute atomic E-state index is 0.00507. The quantitative estimate of drug-likeness (QED) is 0.196. The van der Waals surface area contributed by atoms with Crippen LogP contribution in [0.5, 0.6) is 5.75 Å². The zero-order chi connectivity index (χ0) is 18.9. The molecule has 1 saturated heterocycles. The monoisotopic (exact) mass is 396 g/mol. The van der Waals surface area contributed by atoms with E-state index in [1.807, 2.05) is 30.3 Å². The molecule has 0 radical (unpaired) electrons. The fourth-order valence-corrected chi connectivity index (χ4v) is 4.14. The number of rotatable bonds is 9. The molecule has 1 fully saturated rings. The predicted octanol–water partition coefficient (Wildman–Crippen LogP) is 3.28. The van der Waals surface area contributed by atoms with Gasteiger partial charge in [-0.05, 0) is 36.6 Å². The van der Waals surface area contributed by atoms with E-state index in [2.05, 4.69) is 12.6 Å². The molecule has 1 aromatic carbocycles. The van der Waals surface area contributed by atoms with Crippen molar-refractivity contribution in [3.8, 4) is 5.75 Å². The van der Waals surface area contributed by atoms with Crippen molar-refractivity contribution in [1.29, 1.82) is 0 Å².